The standard InChI is InChI=1S/C20H28N2O3/c23-19(13-14-4-5-15-2-1-3-16(15)12-14)21-17-6-7-18(20(17)24)22-8-10-25-11-9-22/h4-5,12,17-18,20,24H,1-3,6-11,13H2,(H,21,23)/t17-,18-,20-/m1/s1. The number of benzene rings is 1. The highest BCUT2D eigenvalue weighted by Gasteiger charge is 2.39. The normalized spacial score (nSPS) is 29.6. The van der Waals surface area contributed by atoms with Crippen molar-refractivity contribution in [2.75, 3.05) is 26.3 Å². The van der Waals surface area contributed by atoms with Crippen molar-refractivity contribution in [3.8, 4) is 0 Å². The summed E-state index contributed by atoms with van der Waals surface area (Å²) in [4.78, 5) is 14.7. The zero-order valence-electron chi connectivity index (χ0n) is 14.7. The summed E-state index contributed by atoms with van der Waals surface area (Å²) in [5.41, 5.74) is 3.91. The van der Waals surface area contributed by atoms with Gasteiger partial charge in [0.25, 0.3) is 0 Å². The lowest BCUT2D eigenvalue weighted by atomic mass is 10.0. The highest BCUT2D eigenvalue weighted by atomic mass is 16.5. The van der Waals surface area contributed by atoms with E-state index in [1.807, 2.05) is 0 Å². The Morgan fingerprint density at radius 1 is 1.20 bits per heavy atom. The van der Waals surface area contributed by atoms with Crippen LogP contribution < -0.4 is 5.32 Å². The number of amides is 1. The summed E-state index contributed by atoms with van der Waals surface area (Å²) in [6.07, 6.45) is 5.22. The van der Waals surface area contributed by atoms with E-state index in [2.05, 4.69) is 28.4 Å². The Labute approximate surface area is 149 Å². The molecule has 2 N–H and O–H groups in total. The monoisotopic (exact) mass is 344 g/mol. The Hall–Kier alpha value is -1.43. The molecule has 3 atom stereocenters. The molecule has 3 aliphatic rings. The van der Waals surface area contributed by atoms with Crippen LogP contribution in [-0.2, 0) is 28.8 Å². The average molecular weight is 344 g/mol. The molecule has 1 aromatic carbocycles. The molecule has 1 heterocycles. The molecule has 136 valence electrons. The van der Waals surface area contributed by atoms with Crippen LogP contribution in [0.4, 0.5) is 0 Å². The van der Waals surface area contributed by atoms with Crippen molar-refractivity contribution in [1.82, 2.24) is 10.2 Å². The predicted molar refractivity (Wildman–Crippen MR) is 95.5 cm³/mol. The SMILES string of the molecule is O=C(Cc1ccc2c(c1)CCC2)N[C@@H]1CC[C@@H](N2CCOCC2)[C@@H]1O. The highest BCUT2D eigenvalue weighted by Crippen LogP contribution is 2.26. The van der Waals surface area contributed by atoms with E-state index in [1.165, 1.54) is 24.0 Å². The molecule has 5 heteroatoms. The Bertz CT molecular complexity index is 627. The van der Waals surface area contributed by atoms with Gasteiger partial charge < -0.3 is 15.2 Å². The molecule has 5 nitrogen and oxygen atoms in total. The molecule has 0 unspecified atom stereocenters. The van der Waals surface area contributed by atoms with Crippen molar-refractivity contribution >= 4 is 5.91 Å². The van der Waals surface area contributed by atoms with E-state index < -0.39 is 6.10 Å². The lowest BCUT2D eigenvalue weighted by Crippen LogP contribution is -2.51. The van der Waals surface area contributed by atoms with Gasteiger partial charge in [-0.1, -0.05) is 18.2 Å². The lowest BCUT2D eigenvalue weighted by molar-refractivity contribution is -0.122. The third kappa shape index (κ3) is 3.73. The Morgan fingerprint density at radius 3 is 2.84 bits per heavy atom. The van der Waals surface area contributed by atoms with Gasteiger partial charge in [0.2, 0.25) is 5.91 Å². The van der Waals surface area contributed by atoms with Crippen LogP contribution in [0.3, 0.4) is 0 Å². The van der Waals surface area contributed by atoms with Crippen LogP contribution in [0.15, 0.2) is 18.2 Å². The second-order valence-corrected chi connectivity index (χ2v) is 7.59. The molecule has 2 aliphatic carbocycles. The zero-order valence-corrected chi connectivity index (χ0v) is 14.7. The van der Waals surface area contributed by atoms with Gasteiger partial charge in [-0.15, -0.1) is 0 Å². The van der Waals surface area contributed by atoms with Gasteiger partial charge in [-0.3, -0.25) is 9.69 Å². The van der Waals surface area contributed by atoms with Crippen molar-refractivity contribution in [2.24, 2.45) is 0 Å². The number of hydrogen-bond acceptors (Lipinski definition) is 4. The van der Waals surface area contributed by atoms with E-state index in [4.69, 9.17) is 4.74 Å². The fraction of sp³-hybridized carbons (Fsp3) is 0.650. The Balaban J connectivity index is 1.32. The fourth-order valence-electron chi connectivity index (χ4n) is 4.60. The summed E-state index contributed by atoms with van der Waals surface area (Å²) in [7, 11) is 0. The first-order chi connectivity index (χ1) is 12.2. The molecule has 0 spiro atoms. The van der Waals surface area contributed by atoms with Gasteiger partial charge in [-0.05, 0) is 48.8 Å². The van der Waals surface area contributed by atoms with Crippen LogP contribution in [0.2, 0.25) is 0 Å². The number of hydrogen-bond donors (Lipinski definition) is 2. The zero-order chi connectivity index (χ0) is 17.2. The number of nitrogens with one attached hydrogen (secondary N) is 1. The van der Waals surface area contributed by atoms with Gasteiger partial charge in [0.1, 0.15) is 0 Å². The molecule has 1 aliphatic heterocycles. The number of aryl methyl sites for hydroxylation is 2. The molecular formula is C20H28N2O3. The van der Waals surface area contributed by atoms with Crippen LogP contribution in [0, 0.1) is 0 Å². The molecule has 1 amide bonds. The average Bonchev–Trinajstić information content (AvgIpc) is 3.22. The van der Waals surface area contributed by atoms with Crippen LogP contribution in [0.25, 0.3) is 0 Å². The van der Waals surface area contributed by atoms with Crippen LogP contribution in [0.5, 0.6) is 0 Å². The predicted octanol–water partition coefficient (Wildman–Crippen LogP) is 1.06. The number of aliphatic hydroxyl groups excluding tert-OH is 1. The first-order valence-electron chi connectivity index (χ1n) is 9.60. The van der Waals surface area contributed by atoms with Gasteiger partial charge in [-0.2, -0.15) is 0 Å². The summed E-state index contributed by atoms with van der Waals surface area (Å²) in [5, 5.41) is 13.7. The minimum Gasteiger partial charge on any atom is -0.389 e. The van der Waals surface area contributed by atoms with Crippen LogP contribution in [0.1, 0.15) is 36.0 Å². The van der Waals surface area contributed by atoms with Crippen LogP contribution >= 0.6 is 0 Å². The first kappa shape index (κ1) is 17.0. The van der Waals surface area contributed by atoms with Gasteiger partial charge >= 0.3 is 0 Å². The molecule has 0 bridgehead atoms. The quantitative estimate of drug-likeness (QED) is 0.857. The lowest BCUT2D eigenvalue weighted by Gasteiger charge is -2.34. The van der Waals surface area contributed by atoms with Gasteiger partial charge in [0, 0.05) is 19.1 Å². The molecule has 1 saturated heterocycles. The second-order valence-electron chi connectivity index (χ2n) is 7.59. The first-order valence-corrected chi connectivity index (χ1v) is 9.60. The van der Waals surface area contributed by atoms with Crippen molar-refractivity contribution in [2.45, 2.75) is 56.7 Å². The summed E-state index contributed by atoms with van der Waals surface area (Å²) >= 11 is 0. The number of morpholine rings is 1. The molecule has 0 radical (unpaired) electrons. The maximum absolute atomic E-state index is 12.4. The maximum Gasteiger partial charge on any atom is 0.224 e. The van der Waals surface area contributed by atoms with E-state index in [0.29, 0.717) is 6.42 Å². The summed E-state index contributed by atoms with van der Waals surface area (Å²) in [6.45, 7) is 3.21. The highest BCUT2D eigenvalue weighted by molar-refractivity contribution is 5.79. The maximum atomic E-state index is 12.4. The Kier molecular flexibility index (Phi) is 5.06. The number of carbonyl (C=O) groups is 1. The smallest absolute Gasteiger partial charge is 0.224 e. The molecule has 25 heavy (non-hydrogen) atoms. The van der Waals surface area contributed by atoms with Gasteiger partial charge in [0.15, 0.2) is 0 Å². The van der Waals surface area contributed by atoms with E-state index >= 15 is 0 Å². The fourth-order valence-corrected chi connectivity index (χ4v) is 4.60. The largest absolute Gasteiger partial charge is 0.389 e. The van der Waals surface area contributed by atoms with E-state index in [0.717, 1.165) is 51.1 Å². The number of ether oxygens (including phenoxy) is 1. The van der Waals surface area contributed by atoms with E-state index in [-0.39, 0.29) is 18.0 Å². The van der Waals surface area contributed by atoms with Gasteiger partial charge in [-0.25, -0.2) is 0 Å². The van der Waals surface area contributed by atoms with Crippen molar-refractivity contribution in [1.29, 1.82) is 0 Å². The van der Waals surface area contributed by atoms with Crippen molar-refractivity contribution < 1.29 is 14.6 Å². The molecule has 4 rings (SSSR count). The van der Waals surface area contributed by atoms with Crippen molar-refractivity contribution in [3.63, 3.8) is 0 Å². The summed E-state index contributed by atoms with van der Waals surface area (Å²) < 4.78 is 5.39. The summed E-state index contributed by atoms with van der Waals surface area (Å²) in [6, 6.07) is 6.45. The topological polar surface area (TPSA) is 61.8 Å². The third-order valence-corrected chi connectivity index (χ3v) is 5.97. The van der Waals surface area contributed by atoms with Crippen molar-refractivity contribution in [3.05, 3.63) is 34.9 Å². The number of aliphatic hydroxyl groups is 1. The minimum atomic E-state index is -0.484. The molecule has 0 aromatic heterocycles. The number of carbonyl (C=O) groups excluding carboxylic acids is 1. The number of fused-ring (bicyclic) bond motifs is 1. The number of nitrogens with zero attached hydrogens (tertiary/aromatic N) is 1. The third-order valence-electron chi connectivity index (χ3n) is 5.97. The molecule has 2 fully saturated rings. The molecule has 1 aromatic rings. The second kappa shape index (κ2) is 7.44. The summed E-state index contributed by atoms with van der Waals surface area (Å²) in [5.74, 6) is 0.0182. The molecular weight excluding hydrogens is 316 g/mol. The molecule has 1 saturated carbocycles. The Morgan fingerprint density at radius 2 is 2.00 bits per heavy atom. The number of rotatable bonds is 4. The van der Waals surface area contributed by atoms with Gasteiger partial charge in [0.05, 0.1) is 31.8 Å². The minimum absolute atomic E-state index is 0.0182. The van der Waals surface area contributed by atoms with E-state index in [1.54, 1.807) is 0 Å². The van der Waals surface area contributed by atoms with E-state index in [9.17, 15) is 9.90 Å². The van der Waals surface area contributed by atoms with Crippen LogP contribution in [-0.4, -0.2) is 60.4 Å².